The predicted molar refractivity (Wildman–Crippen MR) is 126 cm³/mol. The smallest absolute Gasteiger partial charge is 0.239 e. The second kappa shape index (κ2) is 8.55. The molecule has 6 nitrogen and oxygen atoms in total. The van der Waals surface area contributed by atoms with Crippen LogP contribution in [0.25, 0.3) is 10.2 Å². The number of rotatable bonds is 4. The monoisotopic (exact) mass is 435 g/mol. The highest BCUT2D eigenvalue weighted by atomic mass is 32.1. The van der Waals surface area contributed by atoms with Crippen molar-refractivity contribution in [2.45, 2.75) is 45.1 Å². The van der Waals surface area contributed by atoms with Crippen molar-refractivity contribution < 1.29 is 4.79 Å². The number of anilines is 1. The summed E-state index contributed by atoms with van der Waals surface area (Å²) < 4.78 is 0. The molecule has 0 radical (unpaired) electrons. The fourth-order valence-corrected chi connectivity index (χ4v) is 6.33. The van der Waals surface area contributed by atoms with Crippen LogP contribution in [0.5, 0.6) is 0 Å². The number of carbonyl (C=O) groups excluding carboxylic acids is 1. The van der Waals surface area contributed by atoms with Gasteiger partial charge in [0, 0.05) is 31.1 Å². The molecule has 1 saturated heterocycles. The number of hydrogen-bond acceptors (Lipinski definition) is 6. The molecule has 0 bridgehead atoms. The van der Waals surface area contributed by atoms with Crippen LogP contribution in [0.3, 0.4) is 0 Å². The molecule has 2 aliphatic rings. The van der Waals surface area contributed by atoms with E-state index >= 15 is 0 Å². The number of piperazine rings is 1. The molecule has 1 aliphatic heterocycles. The first-order valence-electron chi connectivity index (χ1n) is 11.2. The van der Waals surface area contributed by atoms with Gasteiger partial charge in [0.1, 0.15) is 22.5 Å². The maximum atomic E-state index is 12.3. The Morgan fingerprint density at radius 2 is 1.77 bits per heavy atom. The zero-order valence-electron chi connectivity index (χ0n) is 18.0. The third-order valence-electron chi connectivity index (χ3n) is 6.52. The second-order valence-corrected chi connectivity index (χ2v) is 9.66. The number of primary amides is 1. The van der Waals surface area contributed by atoms with E-state index in [0.717, 1.165) is 54.6 Å². The molecule has 5 rings (SSSR count). The molecule has 3 heterocycles. The van der Waals surface area contributed by atoms with E-state index in [2.05, 4.69) is 9.80 Å². The first kappa shape index (κ1) is 20.4. The molecule has 0 unspecified atom stereocenters. The zero-order valence-corrected chi connectivity index (χ0v) is 18.8. The van der Waals surface area contributed by atoms with Crippen LogP contribution in [0.2, 0.25) is 0 Å². The van der Waals surface area contributed by atoms with Crippen molar-refractivity contribution in [2.75, 3.05) is 31.1 Å². The number of nitrogens with two attached hydrogens (primary N) is 1. The quantitative estimate of drug-likeness (QED) is 0.634. The van der Waals surface area contributed by atoms with Gasteiger partial charge in [-0.25, -0.2) is 9.97 Å². The summed E-state index contributed by atoms with van der Waals surface area (Å²) in [5.74, 6) is 1.63. The number of carbonyl (C=O) groups is 1. The Morgan fingerprint density at radius 1 is 1.03 bits per heavy atom. The topological polar surface area (TPSA) is 75.3 Å². The highest BCUT2D eigenvalue weighted by Gasteiger charge is 2.31. The molecule has 7 heteroatoms. The van der Waals surface area contributed by atoms with Gasteiger partial charge in [0.25, 0.3) is 0 Å². The number of hydrogen-bond donors (Lipinski definition) is 1. The van der Waals surface area contributed by atoms with Crippen molar-refractivity contribution in [2.24, 2.45) is 5.73 Å². The number of aromatic nitrogens is 2. The third-order valence-corrected chi connectivity index (χ3v) is 7.71. The molecule has 162 valence electrons. The minimum Gasteiger partial charge on any atom is -0.368 e. The molecule has 0 spiro atoms. The number of fused-ring (bicyclic) bond motifs is 3. The van der Waals surface area contributed by atoms with Gasteiger partial charge in [0.2, 0.25) is 5.91 Å². The van der Waals surface area contributed by atoms with E-state index in [0.29, 0.717) is 0 Å². The van der Waals surface area contributed by atoms with Crippen LogP contribution in [-0.2, 0) is 17.6 Å². The Bertz CT molecular complexity index is 1090. The number of benzene rings is 1. The summed E-state index contributed by atoms with van der Waals surface area (Å²) in [4.78, 5) is 29.2. The van der Waals surface area contributed by atoms with Crippen molar-refractivity contribution in [1.29, 1.82) is 0 Å². The lowest BCUT2D eigenvalue weighted by Gasteiger charge is -2.39. The van der Waals surface area contributed by atoms with Crippen molar-refractivity contribution in [3.63, 3.8) is 0 Å². The van der Waals surface area contributed by atoms with Crippen LogP contribution in [-0.4, -0.2) is 47.0 Å². The Labute approximate surface area is 187 Å². The fraction of sp³-hybridized carbons (Fsp3) is 0.458. The standard InChI is InChI=1S/C24H29N5OS/c1-16-26-23(20-18-10-6-3-7-11-19(18)31-24(20)27-16)29-14-12-28(13-15-29)21(22(25)30)17-8-4-2-5-9-17/h2,4-5,8-9,21H,3,6-7,10-15H2,1H3,(H2,25,30)/t21-/m0/s1. The number of nitrogens with zero attached hydrogens (tertiary/aromatic N) is 4. The van der Waals surface area contributed by atoms with Crippen LogP contribution in [0.4, 0.5) is 5.82 Å². The highest BCUT2D eigenvalue weighted by molar-refractivity contribution is 7.19. The molecule has 0 saturated carbocycles. The first-order chi connectivity index (χ1) is 15.1. The predicted octanol–water partition coefficient (Wildman–Crippen LogP) is 3.62. The zero-order chi connectivity index (χ0) is 21.4. The van der Waals surface area contributed by atoms with Gasteiger partial charge >= 0.3 is 0 Å². The van der Waals surface area contributed by atoms with Crippen molar-refractivity contribution in [3.05, 3.63) is 52.2 Å². The first-order valence-corrected chi connectivity index (χ1v) is 12.1. The van der Waals surface area contributed by atoms with E-state index in [1.165, 1.54) is 41.5 Å². The number of aryl methyl sites for hydroxylation is 3. The third kappa shape index (κ3) is 3.92. The molecule has 3 aromatic rings. The van der Waals surface area contributed by atoms with E-state index < -0.39 is 0 Å². The summed E-state index contributed by atoms with van der Waals surface area (Å²) in [6.45, 7) is 5.20. The van der Waals surface area contributed by atoms with Gasteiger partial charge in [0.15, 0.2) is 0 Å². The second-order valence-electron chi connectivity index (χ2n) is 8.58. The average Bonchev–Trinajstić information content (AvgIpc) is 2.95. The lowest BCUT2D eigenvalue weighted by molar-refractivity contribution is -0.123. The minimum atomic E-state index is -0.382. The molecule has 1 amide bonds. The van der Waals surface area contributed by atoms with Crippen LogP contribution >= 0.6 is 11.3 Å². The van der Waals surface area contributed by atoms with Gasteiger partial charge in [-0.3, -0.25) is 9.69 Å². The van der Waals surface area contributed by atoms with E-state index in [1.807, 2.05) is 48.6 Å². The lowest BCUT2D eigenvalue weighted by Crippen LogP contribution is -2.50. The molecule has 1 atom stereocenters. The summed E-state index contributed by atoms with van der Waals surface area (Å²) in [6, 6.07) is 9.48. The summed E-state index contributed by atoms with van der Waals surface area (Å²) in [7, 11) is 0. The molecule has 2 aromatic heterocycles. The Morgan fingerprint density at radius 3 is 2.52 bits per heavy atom. The molecule has 1 aliphatic carbocycles. The maximum Gasteiger partial charge on any atom is 0.239 e. The Balaban J connectivity index is 1.43. The van der Waals surface area contributed by atoms with Crippen LogP contribution < -0.4 is 10.6 Å². The minimum absolute atomic E-state index is 0.289. The van der Waals surface area contributed by atoms with E-state index in [1.54, 1.807) is 0 Å². The summed E-state index contributed by atoms with van der Waals surface area (Å²) in [5, 5.41) is 1.27. The van der Waals surface area contributed by atoms with Crippen LogP contribution in [0.1, 0.15) is 47.1 Å². The Kier molecular flexibility index (Phi) is 5.63. The molecular formula is C24H29N5OS. The molecule has 1 aromatic carbocycles. The van der Waals surface area contributed by atoms with Crippen molar-refractivity contribution >= 4 is 33.3 Å². The van der Waals surface area contributed by atoms with Crippen LogP contribution in [0, 0.1) is 6.92 Å². The van der Waals surface area contributed by atoms with Gasteiger partial charge in [0.05, 0.1) is 5.39 Å². The summed E-state index contributed by atoms with van der Waals surface area (Å²) in [5.41, 5.74) is 8.25. The highest BCUT2D eigenvalue weighted by Crippen LogP contribution is 2.39. The van der Waals surface area contributed by atoms with Crippen molar-refractivity contribution in [3.8, 4) is 0 Å². The molecule has 2 N–H and O–H groups in total. The lowest BCUT2D eigenvalue weighted by atomic mass is 10.0. The number of thiophene rings is 1. The Hall–Kier alpha value is -2.51. The van der Waals surface area contributed by atoms with E-state index in [9.17, 15) is 4.79 Å². The number of amides is 1. The summed E-state index contributed by atoms with van der Waals surface area (Å²) in [6.07, 6.45) is 6.12. The SMILES string of the molecule is Cc1nc(N2CCN([C@H](C(N)=O)c3ccccc3)CC2)c2c3c(sc2n1)CCCCC3. The largest absolute Gasteiger partial charge is 0.368 e. The van der Waals surface area contributed by atoms with Crippen molar-refractivity contribution in [1.82, 2.24) is 14.9 Å². The maximum absolute atomic E-state index is 12.3. The van der Waals surface area contributed by atoms with Gasteiger partial charge < -0.3 is 10.6 Å². The van der Waals surface area contributed by atoms with Gasteiger partial charge in [-0.1, -0.05) is 36.8 Å². The summed E-state index contributed by atoms with van der Waals surface area (Å²) >= 11 is 1.86. The van der Waals surface area contributed by atoms with Gasteiger partial charge in [-0.05, 0) is 43.7 Å². The van der Waals surface area contributed by atoms with E-state index in [-0.39, 0.29) is 11.9 Å². The average molecular weight is 436 g/mol. The van der Waals surface area contributed by atoms with Crippen LogP contribution in [0.15, 0.2) is 30.3 Å². The molecule has 31 heavy (non-hydrogen) atoms. The van der Waals surface area contributed by atoms with Gasteiger partial charge in [-0.15, -0.1) is 11.3 Å². The normalized spacial score (nSPS) is 18.5. The van der Waals surface area contributed by atoms with E-state index in [4.69, 9.17) is 15.7 Å². The van der Waals surface area contributed by atoms with Gasteiger partial charge in [-0.2, -0.15) is 0 Å². The molecule has 1 fully saturated rings. The fourth-order valence-electron chi connectivity index (χ4n) is 5.03. The molecular weight excluding hydrogens is 406 g/mol.